The van der Waals surface area contributed by atoms with Crippen molar-refractivity contribution in [2.45, 2.75) is 56.9 Å². The van der Waals surface area contributed by atoms with Gasteiger partial charge >= 0.3 is 7.12 Å². The summed E-state index contributed by atoms with van der Waals surface area (Å²) in [7, 11) is -0.0571. The molecule has 4 aliphatic rings. The van der Waals surface area contributed by atoms with Crippen LogP contribution in [0, 0.1) is 5.92 Å². The van der Waals surface area contributed by atoms with Crippen molar-refractivity contribution in [2.24, 2.45) is 5.92 Å². The minimum absolute atomic E-state index is 0.0571. The van der Waals surface area contributed by atoms with E-state index >= 15 is 0 Å². The van der Waals surface area contributed by atoms with E-state index in [1.165, 1.54) is 44.1 Å². The molecule has 3 heteroatoms. The number of benzene rings is 1. The van der Waals surface area contributed by atoms with Crippen molar-refractivity contribution in [2.75, 3.05) is 0 Å². The highest BCUT2D eigenvalue weighted by atomic mass is 16.6. The van der Waals surface area contributed by atoms with Gasteiger partial charge in [0.05, 0.1) is 5.76 Å². The fourth-order valence-electron chi connectivity index (χ4n) is 4.50. The van der Waals surface area contributed by atoms with E-state index in [9.17, 15) is 0 Å². The van der Waals surface area contributed by atoms with Crippen LogP contribution in [0.1, 0.15) is 51.0 Å². The lowest BCUT2D eigenvalue weighted by Gasteiger charge is -2.48. The number of rotatable bonds is 1. The zero-order valence-corrected chi connectivity index (χ0v) is 12.8. The van der Waals surface area contributed by atoms with Gasteiger partial charge in [0.15, 0.2) is 0 Å². The van der Waals surface area contributed by atoms with Gasteiger partial charge in [-0.25, -0.2) is 0 Å². The maximum absolute atomic E-state index is 6.64. The van der Waals surface area contributed by atoms with E-state index in [1.54, 1.807) is 0 Å². The topological polar surface area (TPSA) is 18.5 Å². The lowest BCUT2D eigenvalue weighted by atomic mass is 9.58. The van der Waals surface area contributed by atoms with Gasteiger partial charge in [-0.2, -0.15) is 0 Å². The molecular weight excluding hydrogens is 259 g/mol. The molecule has 1 saturated carbocycles. The van der Waals surface area contributed by atoms with Crippen LogP contribution in [-0.2, 0) is 14.9 Å². The molecule has 1 aromatic rings. The summed E-state index contributed by atoms with van der Waals surface area (Å²) < 4.78 is 12.7. The van der Waals surface area contributed by atoms with Gasteiger partial charge in [0.2, 0.25) is 0 Å². The molecule has 5 rings (SSSR count). The molecule has 0 N–H and O–H groups in total. The van der Waals surface area contributed by atoms with Gasteiger partial charge in [0, 0.05) is 5.82 Å². The van der Waals surface area contributed by atoms with Gasteiger partial charge in [-0.3, -0.25) is 0 Å². The molecule has 3 heterocycles. The quantitative estimate of drug-likeness (QED) is 0.696. The maximum Gasteiger partial charge on any atom is 0.529 e. The third kappa shape index (κ3) is 2.22. The average molecular weight is 282 g/mol. The van der Waals surface area contributed by atoms with Crippen molar-refractivity contribution in [3.8, 4) is 0 Å². The van der Waals surface area contributed by atoms with E-state index in [4.69, 9.17) is 9.31 Å². The zero-order chi connectivity index (χ0) is 14.3. The van der Waals surface area contributed by atoms with Crippen LogP contribution >= 0.6 is 0 Å². The molecule has 2 nitrogen and oxygen atoms in total. The lowest BCUT2D eigenvalue weighted by molar-refractivity contribution is -0.0178. The second-order valence-corrected chi connectivity index (χ2v) is 6.84. The van der Waals surface area contributed by atoms with Crippen molar-refractivity contribution >= 4 is 7.12 Å². The third-order valence-corrected chi connectivity index (χ3v) is 5.50. The highest BCUT2D eigenvalue weighted by Gasteiger charge is 2.51. The second-order valence-electron chi connectivity index (χ2n) is 6.84. The van der Waals surface area contributed by atoms with Crippen LogP contribution in [-0.4, -0.2) is 7.12 Å². The molecule has 1 aromatic carbocycles. The summed E-state index contributed by atoms with van der Waals surface area (Å²) in [4.78, 5) is 0. The Bertz CT molecular complexity index is 531. The summed E-state index contributed by atoms with van der Waals surface area (Å²) in [6, 6.07) is 10.8. The van der Waals surface area contributed by atoms with Gasteiger partial charge < -0.3 is 9.31 Å². The molecule has 21 heavy (non-hydrogen) atoms. The Hall–Kier alpha value is -1.22. The maximum atomic E-state index is 6.64. The Morgan fingerprint density at radius 2 is 1.76 bits per heavy atom. The number of hydrogen-bond acceptors (Lipinski definition) is 2. The Morgan fingerprint density at radius 1 is 1.05 bits per heavy atom. The Labute approximate surface area is 127 Å². The van der Waals surface area contributed by atoms with E-state index in [-0.39, 0.29) is 12.7 Å². The first-order valence-corrected chi connectivity index (χ1v) is 8.37. The molecular formula is C18H23BO2. The Morgan fingerprint density at radius 3 is 2.48 bits per heavy atom. The summed E-state index contributed by atoms with van der Waals surface area (Å²) in [6.45, 7) is 2.09. The summed E-state index contributed by atoms with van der Waals surface area (Å²) in [5, 5.41) is 0. The molecule has 0 aromatic heterocycles. The number of hydrogen-bond donors (Lipinski definition) is 0. The molecule has 1 unspecified atom stereocenters. The van der Waals surface area contributed by atoms with E-state index in [0.29, 0.717) is 11.7 Å². The smallest absolute Gasteiger partial charge is 0.529 e. The molecule has 1 atom stereocenters. The summed E-state index contributed by atoms with van der Waals surface area (Å²) in [5.41, 5.74) is 1.03. The molecule has 0 amide bonds. The van der Waals surface area contributed by atoms with Gasteiger partial charge in [-0.1, -0.05) is 56.0 Å². The zero-order valence-electron chi connectivity index (χ0n) is 12.8. The second kappa shape index (κ2) is 5.21. The Kier molecular flexibility index (Phi) is 3.33. The summed E-state index contributed by atoms with van der Waals surface area (Å²) in [5.74, 6) is 2.16. The van der Waals surface area contributed by atoms with Crippen LogP contribution in [0.2, 0.25) is 5.82 Å². The fraction of sp³-hybridized carbons (Fsp3) is 0.556. The van der Waals surface area contributed by atoms with Crippen molar-refractivity contribution in [1.82, 2.24) is 0 Å². The normalized spacial score (nSPS) is 35.3. The third-order valence-electron chi connectivity index (χ3n) is 5.50. The highest BCUT2D eigenvalue weighted by Crippen LogP contribution is 2.51. The van der Waals surface area contributed by atoms with E-state index in [0.717, 1.165) is 5.76 Å². The monoisotopic (exact) mass is 282 g/mol. The standard InChI is InChI=1S/C18H23BO2/c1-14-13-18(15-7-3-2-4-8-15)16-9-5-11-17(12-6-10-16)19(20-14)21-18/h2-4,7-8,13,16-17H,5-6,9-12H2,1H3. The van der Waals surface area contributed by atoms with Gasteiger partial charge in [0.25, 0.3) is 0 Å². The summed E-state index contributed by atoms with van der Waals surface area (Å²) >= 11 is 0. The first-order chi connectivity index (χ1) is 10.3. The predicted molar refractivity (Wildman–Crippen MR) is 84.7 cm³/mol. The van der Waals surface area contributed by atoms with Crippen LogP contribution in [0.15, 0.2) is 42.2 Å². The molecule has 2 saturated heterocycles. The van der Waals surface area contributed by atoms with Crippen molar-refractivity contribution in [3.63, 3.8) is 0 Å². The van der Waals surface area contributed by atoms with Gasteiger partial charge in [-0.05, 0) is 37.3 Å². The first kappa shape index (κ1) is 13.4. The average Bonchev–Trinajstić information content (AvgIpc) is 2.45. The van der Waals surface area contributed by atoms with Crippen molar-refractivity contribution in [3.05, 3.63) is 47.7 Å². The van der Waals surface area contributed by atoms with Gasteiger partial charge in [-0.15, -0.1) is 0 Å². The van der Waals surface area contributed by atoms with Crippen molar-refractivity contribution in [1.29, 1.82) is 0 Å². The van der Waals surface area contributed by atoms with Crippen LogP contribution in [0.25, 0.3) is 0 Å². The molecule has 110 valence electrons. The Balaban J connectivity index is 1.86. The fourth-order valence-corrected chi connectivity index (χ4v) is 4.50. The molecule has 3 aliphatic heterocycles. The van der Waals surface area contributed by atoms with E-state index in [1.807, 2.05) is 0 Å². The summed E-state index contributed by atoms with van der Waals surface area (Å²) in [6.07, 6.45) is 9.89. The molecule has 0 radical (unpaired) electrons. The van der Waals surface area contributed by atoms with Crippen LogP contribution in [0.3, 0.4) is 0 Å². The minimum atomic E-state index is -0.270. The molecule has 3 fully saturated rings. The molecule has 0 spiro atoms. The molecule has 1 aliphatic carbocycles. The van der Waals surface area contributed by atoms with Crippen LogP contribution in [0.5, 0.6) is 0 Å². The van der Waals surface area contributed by atoms with E-state index < -0.39 is 0 Å². The number of allylic oxidation sites excluding steroid dienone is 1. The first-order valence-electron chi connectivity index (χ1n) is 8.37. The molecule has 4 bridgehead atoms. The predicted octanol–water partition coefficient (Wildman–Crippen LogP) is 4.67. The van der Waals surface area contributed by atoms with E-state index in [2.05, 4.69) is 43.3 Å². The van der Waals surface area contributed by atoms with Crippen molar-refractivity contribution < 1.29 is 9.31 Å². The van der Waals surface area contributed by atoms with Gasteiger partial charge in [0.1, 0.15) is 5.60 Å². The lowest BCUT2D eigenvalue weighted by Crippen LogP contribution is -2.49. The minimum Gasteiger partial charge on any atom is -0.540 e. The largest absolute Gasteiger partial charge is 0.540 e. The number of fused-ring (bicyclic) bond motifs is 4. The highest BCUT2D eigenvalue weighted by molar-refractivity contribution is 6.47. The van der Waals surface area contributed by atoms with Crippen LogP contribution in [0.4, 0.5) is 0 Å². The SMILES string of the molecule is CC1=CC2(c3ccccc3)OB(O1)C1CCCC2CCC1. The van der Waals surface area contributed by atoms with Crippen LogP contribution < -0.4 is 0 Å².